The van der Waals surface area contributed by atoms with Crippen molar-refractivity contribution in [3.8, 4) is 5.75 Å². The molecule has 0 unspecified atom stereocenters. The zero-order valence-electron chi connectivity index (χ0n) is 11.6. The third-order valence-electron chi connectivity index (χ3n) is 2.76. The summed E-state index contributed by atoms with van der Waals surface area (Å²) < 4.78 is 5.36. The Labute approximate surface area is 105 Å². The third-order valence-corrected chi connectivity index (χ3v) is 2.76. The van der Waals surface area contributed by atoms with Crippen LogP contribution in [0.3, 0.4) is 0 Å². The van der Waals surface area contributed by atoms with Crippen LogP contribution in [-0.2, 0) is 0 Å². The number of anilines is 1. The molecule has 0 saturated carbocycles. The number of methoxy groups -OCH3 is 1. The van der Waals surface area contributed by atoms with Gasteiger partial charge in [0.2, 0.25) is 0 Å². The fourth-order valence-electron chi connectivity index (χ4n) is 1.64. The molecule has 0 spiro atoms. The van der Waals surface area contributed by atoms with Crippen molar-refractivity contribution in [2.45, 2.75) is 19.8 Å². The number of nitrogens with zero attached hydrogens (tertiary/aromatic N) is 1. The Kier molecular flexibility index (Phi) is 5.29. The minimum atomic E-state index is 0.537. The number of ether oxygens (including phenoxy) is 1. The van der Waals surface area contributed by atoms with Crippen LogP contribution < -0.4 is 10.1 Å². The molecule has 1 aromatic carbocycles. The van der Waals surface area contributed by atoms with Gasteiger partial charge >= 0.3 is 0 Å². The topological polar surface area (TPSA) is 24.5 Å². The number of hydrogen-bond donors (Lipinski definition) is 1. The van der Waals surface area contributed by atoms with Gasteiger partial charge in [0.15, 0.2) is 0 Å². The molecule has 0 bridgehead atoms. The minimum absolute atomic E-state index is 0.537. The maximum absolute atomic E-state index is 5.36. The summed E-state index contributed by atoms with van der Waals surface area (Å²) in [6, 6.07) is 6.34. The van der Waals surface area contributed by atoms with E-state index in [1.54, 1.807) is 7.11 Å². The van der Waals surface area contributed by atoms with Gasteiger partial charge in [-0.15, -0.1) is 0 Å². The van der Waals surface area contributed by atoms with Crippen LogP contribution in [0.5, 0.6) is 5.75 Å². The standard InChI is InChI=1S/C14H24N2O/c1-11(2)12-6-7-14(17-5)13(10-12)15-8-9-16(3)4/h6-7,10-11,15H,8-9H2,1-5H3. The first-order chi connectivity index (χ1) is 8.04. The number of rotatable bonds is 6. The molecule has 17 heavy (non-hydrogen) atoms. The molecule has 0 fully saturated rings. The quantitative estimate of drug-likeness (QED) is 0.822. The fraction of sp³-hybridized carbons (Fsp3) is 0.571. The van der Waals surface area contributed by atoms with Gasteiger partial charge in [0, 0.05) is 13.1 Å². The molecule has 1 N–H and O–H groups in total. The Bertz CT molecular complexity index is 348. The fourth-order valence-corrected chi connectivity index (χ4v) is 1.64. The van der Waals surface area contributed by atoms with E-state index in [-0.39, 0.29) is 0 Å². The highest BCUT2D eigenvalue weighted by Gasteiger charge is 2.06. The Hall–Kier alpha value is -1.22. The van der Waals surface area contributed by atoms with Crippen molar-refractivity contribution in [1.29, 1.82) is 0 Å². The normalized spacial score (nSPS) is 11.0. The van der Waals surface area contributed by atoms with Gasteiger partial charge in [-0.3, -0.25) is 0 Å². The second-order valence-electron chi connectivity index (χ2n) is 4.84. The molecule has 1 aromatic rings. The van der Waals surface area contributed by atoms with Crippen LogP contribution >= 0.6 is 0 Å². The van der Waals surface area contributed by atoms with Crippen molar-refractivity contribution in [2.75, 3.05) is 39.6 Å². The summed E-state index contributed by atoms with van der Waals surface area (Å²) in [4.78, 5) is 2.16. The molecule has 3 heteroatoms. The molecule has 0 saturated heterocycles. The van der Waals surface area contributed by atoms with E-state index in [4.69, 9.17) is 4.74 Å². The van der Waals surface area contributed by atoms with Crippen molar-refractivity contribution in [3.63, 3.8) is 0 Å². The molecule has 0 heterocycles. The van der Waals surface area contributed by atoms with Gasteiger partial charge in [-0.1, -0.05) is 19.9 Å². The molecule has 0 atom stereocenters. The number of hydrogen-bond acceptors (Lipinski definition) is 3. The maximum atomic E-state index is 5.36. The first-order valence-corrected chi connectivity index (χ1v) is 6.11. The van der Waals surface area contributed by atoms with Gasteiger partial charge in [0.05, 0.1) is 12.8 Å². The van der Waals surface area contributed by atoms with Gasteiger partial charge in [-0.05, 0) is 37.7 Å². The summed E-state index contributed by atoms with van der Waals surface area (Å²) in [6.45, 7) is 6.33. The Morgan fingerprint density at radius 2 is 2.00 bits per heavy atom. The molecule has 96 valence electrons. The lowest BCUT2D eigenvalue weighted by molar-refractivity contribution is 0.412. The van der Waals surface area contributed by atoms with Gasteiger partial charge < -0.3 is 15.0 Å². The van der Waals surface area contributed by atoms with Crippen LogP contribution in [-0.4, -0.2) is 39.2 Å². The Morgan fingerprint density at radius 3 is 2.53 bits per heavy atom. The summed E-state index contributed by atoms with van der Waals surface area (Å²) in [6.07, 6.45) is 0. The predicted molar refractivity (Wildman–Crippen MR) is 74.1 cm³/mol. The van der Waals surface area contributed by atoms with Crippen LogP contribution in [0.25, 0.3) is 0 Å². The average molecular weight is 236 g/mol. The SMILES string of the molecule is COc1ccc(C(C)C)cc1NCCN(C)C. The molecule has 0 amide bonds. The van der Waals surface area contributed by atoms with E-state index in [0.29, 0.717) is 5.92 Å². The van der Waals surface area contributed by atoms with Crippen LogP contribution in [0.1, 0.15) is 25.3 Å². The average Bonchev–Trinajstić information content (AvgIpc) is 2.28. The summed E-state index contributed by atoms with van der Waals surface area (Å²) in [5.41, 5.74) is 2.42. The van der Waals surface area contributed by atoms with E-state index in [9.17, 15) is 0 Å². The molecule has 0 aromatic heterocycles. The second kappa shape index (κ2) is 6.50. The molecule has 0 aliphatic carbocycles. The van der Waals surface area contributed by atoms with Crippen molar-refractivity contribution >= 4 is 5.69 Å². The highest BCUT2D eigenvalue weighted by atomic mass is 16.5. The first-order valence-electron chi connectivity index (χ1n) is 6.11. The predicted octanol–water partition coefficient (Wildman–Crippen LogP) is 2.79. The molecular formula is C14H24N2O. The highest BCUT2D eigenvalue weighted by Crippen LogP contribution is 2.28. The summed E-state index contributed by atoms with van der Waals surface area (Å²) >= 11 is 0. The van der Waals surface area contributed by atoms with E-state index >= 15 is 0 Å². The number of nitrogens with one attached hydrogen (secondary N) is 1. The lowest BCUT2D eigenvalue weighted by Gasteiger charge is -2.16. The monoisotopic (exact) mass is 236 g/mol. The van der Waals surface area contributed by atoms with Crippen molar-refractivity contribution in [1.82, 2.24) is 4.90 Å². The Balaban J connectivity index is 2.75. The van der Waals surface area contributed by atoms with Crippen LogP contribution in [0.4, 0.5) is 5.69 Å². The molecular weight excluding hydrogens is 212 g/mol. The largest absolute Gasteiger partial charge is 0.495 e. The summed E-state index contributed by atoms with van der Waals surface area (Å²) in [5.74, 6) is 1.45. The van der Waals surface area contributed by atoms with Gasteiger partial charge in [0.1, 0.15) is 5.75 Å². The molecule has 1 rings (SSSR count). The van der Waals surface area contributed by atoms with E-state index in [2.05, 4.69) is 50.3 Å². The van der Waals surface area contributed by atoms with E-state index in [1.807, 2.05) is 6.07 Å². The Morgan fingerprint density at radius 1 is 1.29 bits per heavy atom. The van der Waals surface area contributed by atoms with Crippen LogP contribution in [0.15, 0.2) is 18.2 Å². The molecule has 0 radical (unpaired) electrons. The summed E-state index contributed by atoms with van der Waals surface area (Å²) in [5, 5.41) is 3.42. The van der Waals surface area contributed by atoms with E-state index < -0.39 is 0 Å². The zero-order valence-corrected chi connectivity index (χ0v) is 11.6. The zero-order chi connectivity index (χ0) is 12.8. The summed E-state index contributed by atoms with van der Waals surface area (Å²) in [7, 11) is 5.86. The molecule has 3 nitrogen and oxygen atoms in total. The maximum Gasteiger partial charge on any atom is 0.141 e. The highest BCUT2D eigenvalue weighted by molar-refractivity contribution is 5.58. The van der Waals surface area contributed by atoms with Crippen molar-refractivity contribution in [3.05, 3.63) is 23.8 Å². The van der Waals surface area contributed by atoms with Crippen molar-refractivity contribution < 1.29 is 4.74 Å². The third kappa shape index (κ3) is 4.27. The minimum Gasteiger partial charge on any atom is -0.495 e. The van der Waals surface area contributed by atoms with Gasteiger partial charge in [-0.25, -0.2) is 0 Å². The second-order valence-corrected chi connectivity index (χ2v) is 4.84. The smallest absolute Gasteiger partial charge is 0.141 e. The number of benzene rings is 1. The van der Waals surface area contributed by atoms with Crippen molar-refractivity contribution in [2.24, 2.45) is 0 Å². The number of likely N-dealkylation sites (N-methyl/N-ethyl adjacent to an activating group) is 1. The first kappa shape index (κ1) is 13.8. The molecule has 0 aliphatic rings. The lowest BCUT2D eigenvalue weighted by Crippen LogP contribution is -2.21. The van der Waals surface area contributed by atoms with Gasteiger partial charge in [-0.2, -0.15) is 0 Å². The van der Waals surface area contributed by atoms with Crippen LogP contribution in [0, 0.1) is 0 Å². The van der Waals surface area contributed by atoms with Crippen LogP contribution in [0.2, 0.25) is 0 Å². The van der Waals surface area contributed by atoms with E-state index in [1.165, 1.54) is 5.56 Å². The van der Waals surface area contributed by atoms with E-state index in [0.717, 1.165) is 24.5 Å². The lowest BCUT2D eigenvalue weighted by atomic mass is 10.0. The molecule has 0 aliphatic heterocycles. The van der Waals surface area contributed by atoms with Gasteiger partial charge in [0.25, 0.3) is 0 Å².